The van der Waals surface area contributed by atoms with Crippen molar-refractivity contribution in [3.05, 3.63) is 35.5 Å². The highest BCUT2D eigenvalue weighted by Gasteiger charge is 2.19. The normalized spacial score (nSPS) is 16.9. The molecule has 0 unspecified atom stereocenters. The molecule has 2 N–H and O–H groups in total. The van der Waals surface area contributed by atoms with Crippen molar-refractivity contribution < 1.29 is 9.53 Å². The Bertz CT molecular complexity index is 480. The molecule has 4 nitrogen and oxygen atoms in total. The smallest absolute Gasteiger partial charge is 0.273 e. The molecule has 1 aromatic rings. The molecule has 0 radical (unpaired) electrons. The highest BCUT2D eigenvalue weighted by atomic mass is 32.1. The summed E-state index contributed by atoms with van der Waals surface area (Å²) in [6.07, 6.45) is 1.74. The van der Waals surface area contributed by atoms with Gasteiger partial charge in [-0.2, -0.15) is 0 Å². The van der Waals surface area contributed by atoms with Crippen LogP contribution in [0.2, 0.25) is 0 Å². The molecule has 0 bridgehead atoms. The Morgan fingerprint density at radius 1 is 1.29 bits per heavy atom. The predicted molar refractivity (Wildman–Crippen MR) is 69.5 cm³/mol. The maximum absolute atomic E-state index is 11.4. The lowest BCUT2D eigenvalue weighted by Crippen LogP contribution is -2.21. The molecule has 0 spiro atoms. The number of thiocarbonyl (C=S) groups is 1. The number of carbonyl (C=O) groups is 1. The van der Waals surface area contributed by atoms with Gasteiger partial charge in [-0.3, -0.25) is 10.1 Å². The lowest BCUT2D eigenvalue weighted by atomic mass is 10.2. The monoisotopic (exact) mass is 248 g/mol. The minimum Gasteiger partial charge on any atom is -0.494 e. The molecule has 5 heteroatoms. The van der Waals surface area contributed by atoms with Crippen molar-refractivity contribution in [1.29, 1.82) is 0 Å². The summed E-state index contributed by atoms with van der Waals surface area (Å²) in [5.74, 6) is 0.609. The first-order valence-corrected chi connectivity index (χ1v) is 5.67. The van der Waals surface area contributed by atoms with Crippen molar-refractivity contribution in [1.82, 2.24) is 10.6 Å². The Kier molecular flexibility index (Phi) is 3.39. The second-order valence-electron chi connectivity index (χ2n) is 3.47. The van der Waals surface area contributed by atoms with Crippen molar-refractivity contribution in [2.24, 2.45) is 0 Å². The van der Waals surface area contributed by atoms with Crippen molar-refractivity contribution in [3.8, 4) is 5.75 Å². The van der Waals surface area contributed by atoms with E-state index in [1.54, 1.807) is 6.08 Å². The van der Waals surface area contributed by atoms with Crippen LogP contribution in [0.3, 0.4) is 0 Å². The number of hydrogen-bond acceptors (Lipinski definition) is 3. The van der Waals surface area contributed by atoms with Gasteiger partial charge in [-0.05, 0) is 42.9 Å². The van der Waals surface area contributed by atoms with Gasteiger partial charge < -0.3 is 10.1 Å². The molecule has 0 atom stereocenters. The minimum absolute atomic E-state index is 0.205. The second kappa shape index (κ2) is 4.97. The van der Waals surface area contributed by atoms with E-state index in [-0.39, 0.29) is 5.91 Å². The van der Waals surface area contributed by atoms with E-state index in [9.17, 15) is 4.79 Å². The zero-order valence-electron chi connectivity index (χ0n) is 9.32. The van der Waals surface area contributed by atoms with Gasteiger partial charge in [0.15, 0.2) is 5.11 Å². The topological polar surface area (TPSA) is 50.4 Å². The summed E-state index contributed by atoms with van der Waals surface area (Å²) >= 11 is 4.84. The van der Waals surface area contributed by atoms with Crippen LogP contribution < -0.4 is 15.4 Å². The zero-order chi connectivity index (χ0) is 12.3. The van der Waals surface area contributed by atoms with Crippen molar-refractivity contribution in [3.63, 3.8) is 0 Å². The first-order valence-electron chi connectivity index (χ1n) is 5.26. The lowest BCUT2D eigenvalue weighted by molar-refractivity contribution is -0.115. The number of hydrogen-bond donors (Lipinski definition) is 2. The van der Waals surface area contributed by atoms with E-state index in [1.165, 1.54) is 0 Å². The quantitative estimate of drug-likeness (QED) is 0.627. The molecule has 88 valence electrons. The molecule has 17 heavy (non-hydrogen) atoms. The number of ether oxygens (including phenoxy) is 1. The fourth-order valence-corrected chi connectivity index (χ4v) is 1.68. The summed E-state index contributed by atoms with van der Waals surface area (Å²) in [6.45, 7) is 2.57. The molecule has 1 heterocycles. The first-order chi connectivity index (χ1) is 8.19. The minimum atomic E-state index is -0.205. The van der Waals surface area contributed by atoms with E-state index in [4.69, 9.17) is 17.0 Å². The van der Waals surface area contributed by atoms with Crippen molar-refractivity contribution >= 4 is 29.3 Å². The molecule has 2 rings (SSSR count). The van der Waals surface area contributed by atoms with E-state index >= 15 is 0 Å². The molecular formula is C12H12N2O2S. The third kappa shape index (κ3) is 2.82. The summed E-state index contributed by atoms with van der Waals surface area (Å²) in [5, 5.41) is 5.64. The Morgan fingerprint density at radius 3 is 2.53 bits per heavy atom. The molecule has 0 saturated carbocycles. The maximum atomic E-state index is 11.4. The molecule has 1 saturated heterocycles. The van der Waals surface area contributed by atoms with Crippen LogP contribution in [0.4, 0.5) is 0 Å². The molecule has 1 aliphatic heterocycles. The van der Waals surface area contributed by atoms with Crippen LogP contribution in [0, 0.1) is 0 Å². The number of rotatable bonds is 3. The van der Waals surface area contributed by atoms with Crippen LogP contribution in [0.1, 0.15) is 12.5 Å². The van der Waals surface area contributed by atoms with Gasteiger partial charge in [0, 0.05) is 0 Å². The molecule has 1 fully saturated rings. The number of benzene rings is 1. The van der Waals surface area contributed by atoms with Crippen LogP contribution in [-0.4, -0.2) is 17.6 Å². The average Bonchev–Trinajstić information content (AvgIpc) is 2.61. The third-order valence-electron chi connectivity index (χ3n) is 2.22. The first kappa shape index (κ1) is 11.6. The van der Waals surface area contributed by atoms with Crippen LogP contribution >= 0.6 is 12.2 Å². The van der Waals surface area contributed by atoms with Gasteiger partial charge in [0.25, 0.3) is 5.91 Å². The summed E-state index contributed by atoms with van der Waals surface area (Å²) < 4.78 is 5.33. The standard InChI is InChI=1S/C12H12N2O2S/c1-2-16-9-5-3-8(4-6-9)7-10-11(15)14-12(17)13-10/h3-7H,2H2,1H3,(H2,13,14,15,17). The summed E-state index contributed by atoms with van der Waals surface area (Å²) in [6, 6.07) is 7.49. The van der Waals surface area contributed by atoms with E-state index in [2.05, 4.69) is 10.6 Å². The number of carbonyl (C=O) groups excluding carboxylic acids is 1. The van der Waals surface area contributed by atoms with Gasteiger partial charge in [0.1, 0.15) is 11.4 Å². The van der Waals surface area contributed by atoms with Gasteiger partial charge in [0.2, 0.25) is 0 Å². The lowest BCUT2D eigenvalue weighted by Gasteiger charge is -2.02. The third-order valence-corrected chi connectivity index (χ3v) is 2.43. The molecule has 1 aromatic carbocycles. The number of amides is 1. The number of nitrogens with one attached hydrogen (secondary N) is 2. The van der Waals surface area contributed by atoms with Crippen molar-refractivity contribution in [2.75, 3.05) is 6.61 Å². The Morgan fingerprint density at radius 2 is 2.00 bits per heavy atom. The predicted octanol–water partition coefficient (Wildman–Crippen LogP) is 1.43. The van der Waals surface area contributed by atoms with E-state index in [0.29, 0.717) is 17.4 Å². The zero-order valence-corrected chi connectivity index (χ0v) is 10.1. The fraction of sp³-hybridized carbons (Fsp3) is 0.167. The van der Waals surface area contributed by atoms with Crippen LogP contribution in [0.5, 0.6) is 5.75 Å². The van der Waals surface area contributed by atoms with Crippen LogP contribution in [0.15, 0.2) is 30.0 Å². The average molecular weight is 248 g/mol. The summed E-state index contributed by atoms with van der Waals surface area (Å²) in [5.41, 5.74) is 1.37. The molecule has 0 aliphatic carbocycles. The molecule has 0 aromatic heterocycles. The molecular weight excluding hydrogens is 236 g/mol. The van der Waals surface area contributed by atoms with Crippen LogP contribution in [-0.2, 0) is 4.79 Å². The van der Waals surface area contributed by atoms with Gasteiger partial charge in [-0.25, -0.2) is 0 Å². The van der Waals surface area contributed by atoms with E-state index in [0.717, 1.165) is 11.3 Å². The Labute approximate surface area is 105 Å². The van der Waals surface area contributed by atoms with Gasteiger partial charge in [0.05, 0.1) is 6.61 Å². The molecule has 1 amide bonds. The van der Waals surface area contributed by atoms with Gasteiger partial charge >= 0.3 is 0 Å². The highest BCUT2D eigenvalue weighted by molar-refractivity contribution is 7.80. The summed E-state index contributed by atoms with van der Waals surface area (Å²) in [7, 11) is 0. The van der Waals surface area contributed by atoms with E-state index in [1.807, 2.05) is 31.2 Å². The van der Waals surface area contributed by atoms with E-state index < -0.39 is 0 Å². The maximum Gasteiger partial charge on any atom is 0.273 e. The Balaban J connectivity index is 2.16. The molecule has 1 aliphatic rings. The second-order valence-corrected chi connectivity index (χ2v) is 3.88. The fourth-order valence-electron chi connectivity index (χ4n) is 1.48. The highest BCUT2D eigenvalue weighted by Crippen LogP contribution is 2.14. The Hall–Kier alpha value is -1.88. The van der Waals surface area contributed by atoms with Gasteiger partial charge in [-0.1, -0.05) is 12.1 Å². The largest absolute Gasteiger partial charge is 0.494 e. The SMILES string of the molecule is CCOc1ccc(C=C2NC(=S)NC2=O)cc1. The van der Waals surface area contributed by atoms with Crippen LogP contribution in [0.25, 0.3) is 6.08 Å². The summed E-state index contributed by atoms with van der Waals surface area (Å²) in [4.78, 5) is 11.4. The van der Waals surface area contributed by atoms with Gasteiger partial charge in [-0.15, -0.1) is 0 Å². The van der Waals surface area contributed by atoms with Crippen molar-refractivity contribution in [2.45, 2.75) is 6.92 Å².